The number of hydrogen-bond acceptors (Lipinski definition) is 3. The van der Waals surface area contributed by atoms with E-state index in [9.17, 15) is 5.11 Å². The summed E-state index contributed by atoms with van der Waals surface area (Å²) < 4.78 is 0. The molecular formula is C13H19ClN2O. The number of nitrogens with zero attached hydrogens (tertiary/aromatic N) is 1. The molecular weight excluding hydrogens is 236 g/mol. The number of likely N-dealkylation sites (tertiary alicyclic amines) is 1. The fourth-order valence-electron chi connectivity index (χ4n) is 2.17. The van der Waals surface area contributed by atoms with Gasteiger partial charge in [-0.15, -0.1) is 0 Å². The van der Waals surface area contributed by atoms with Crippen LogP contribution in [0, 0.1) is 0 Å². The maximum atomic E-state index is 10.1. The molecule has 1 heterocycles. The Morgan fingerprint density at radius 2 is 1.88 bits per heavy atom. The number of rotatable bonds is 3. The predicted molar refractivity (Wildman–Crippen MR) is 70.1 cm³/mol. The first-order valence-corrected chi connectivity index (χ1v) is 6.44. The molecule has 94 valence electrons. The number of hydrogen-bond donors (Lipinski definition) is 2. The zero-order valence-electron chi connectivity index (χ0n) is 9.85. The minimum Gasteiger partial charge on any atom is -0.387 e. The molecule has 17 heavy (non-hydrogen) atoms. The number of halogens is 1. The van der Waals surface area contributed by atoms with E-state index in [0.29, 0.717) is 17.6 Å². The second-order valence-electron chi connectivity index (χ2n) is 4.71. The Balaban J connectivity index is 1.88. The maximum Gasteiger partial charge on any atom is 0.0916 e. The van der Waals surface area contributed by atoms with Crippen molar-refractivity contribution in [1.29, 1.82) is 0 Å². The minimum absolute atomic E-state index is 0.332. The van der Waals surface area contributed by atoms with Crippen molar-refractivity contribution in [2.45, 2.75) is 25.0 Å². The van der Waals surface area contributed by atoms with Gasteiger partial charge in [-0.05, 0) is 43.6 Å². The van der Waals surface area contributed by atoms with Crippen molar-refractivity contribution in [3.8, 4) is 0 Å². The van der Waals surface area contributed by atoms with E-state index in [1.54, 1.807) is 0 Å². The quantitative estimate of drug-likeness (QED) is 0.865. The lowest BCUT2D eigenvalue weighted by Crippen LogP contribution is -2.41. The summed E-state index contributed by atoms with van der Waals surface area (Å²) in [6, 6.07) is 7.71. The third-order valence-corrected chi connectivity index (χ3v) is 3.57. The Morgan fingerprint density at radius 3 is 2.47 bits per heavy atom. The molecule has 4 heteroatoms. The molecule has 3 N–H and O–H groups in total. The average Bonchev–Trinajstić information content (AvgIpc) is 2.33. The van der Waals surface area contributed by atoms with Gasteiger partial charge in [-0.25, -0.2) is 0 Å². The van der Waals surface area contributed by atoms with Gasteiger partial charge < -0.3 is 15.7 Å². The van der Waals surface area contributed by atoms with Crippen molar-refractivity contribution in [2.75, 3.05) is 19.6 Å². The van der Waals surface area contributed by atoms with Crippen LogP contribution in [0.4, 0.5) is 0 Å². The van der Waals surface area contributed by atoms with Gasteiger partial charge in [0.25, 0.3) is 0 Å². The lowest BCUT2D eigenvalue weighted by Gasteiger charge is -2.31. The third-order valence-electron chi connectivity index (χ3n) is 3.32. The largest absolute Gasteiger partial charge is 0.387 e. The van der Waals surface area contributed by atoms with E-state index in [0.717, 1.165) is 31.5 Å². The van der Waals surface area contributed by atoms with Gasteiger partial charge in [0.05, 0.1) is 6.10 Å². The standard InChI is InChI=1S/C13H19ClN2O/c14-11-3-1-10(2-4-11)13(17)9-16-7-5-12(15)6-8-16/h1-4,12-13,17H,5-9,15H2. The number of aliphatic hydroxyl groups excluding tert-OH is 1. The van der Waals surface area contributed by atoms with Crippen molar-refractivity contribution in [1.82, 2.24) is 4.90 Å². The highest BCUT2D eigenvalue weighted by Gasteiger charge is 2.19. The van der Waals surface area contributed by atoms with Crippen LogP contribution in [-0.2, 0) is 0 Å². The molecule has 1 aromatic carbocycles. The molecule has 2 rings (SSSR count). The summed E-state index contributed by atoms with van der Waals surface area (Å²) in [5.41, 5.74) is 6.77. The molecule has 1 unspecified atom stereocenters. The van der Waals surface area contributed by atoms with Crippen LogP contribution in [0.15, 0.2) is 24.3 Å². The van der Waals surface area contributed by atoms with Crippen LogP contribution in [0.1, 0.15) is 24.5 Å². The Bertz CT molecular complexity index is 347. The Hall–Kier alpha value is -0.610. The van der Waals surface area contributed by atoms with Crippen LogP contribution in [0.3, 0.4) is 0 Å². The lowest BCUT2D eigenvalue weighted by molar-refractivity contribution is 0.0977. The van der Waals surface area contributed by atoms with Crippen LogP contribution in [0.5, 0.6) is 0 Å². The average molecular weight is 255 g/mol. The van der Waals surface area contributed by atoms with Crippen LogP contribution < -0.4 is 5.73 Å². The van der Waals surface area contributed by atoms with Crippen molar-refractivity contribution >= 4 is 11.6 Å². The highest BCUT2D eigenvalue weighted by Crippen LogP contribution is 2.19. The lowest BCUT2D eigenvalue weighted by atomic mass is 10.0. The zero-order chi connectivity index (χ0) is 12.3. The van der Waals surface area contributed by atoms with Crippen molar-refractivity contribution < 1.29 is 5.11 Å². The normalized spacial score (nSPS) is 20.4. The summed E-state index contributed by atoms with van der Waals surface area (Å²) in [6.45, 7) is 2.63. The van der Waals surface area contributed by atoms with Crippen molar-refractivity contribution in [3.05, 3.63) is 34.9 Å². The van der Waals surface area contributed by atoms with Gasteiger partial charge in [0, 0.05) is 17.6 Å². The SMILES string of the molecule is NC1CCN(CC(O)c2ccc(Cl)cc2)CC1. The fourth-order valence-corrected chi connectivity index (χ4v) is 2.30. The molecule has 0 bridgehead atoms. The summed E-state index contributed by atoms with van der Waals surface area (Å²) in [4.78, 5) is 2.27. The number of benzene rings is 1. The first-order chi connectivity index (χ1) is 8.15. The van der Waals surface area contributed by atoms with E-state index in [1.165, 1.54) is 0 Å². The predicted octanol–water partition coefficient (Wildman–Crippen LogP) is 1.80. The molecule has 0 saturated carbocycles. The second-order valence-corrected chi connectivity index (χ2v) is 5.14. The highest BCUT2D eigenvalue weighted by molar-refractivity contribution is 6.30. The Labute approximate surface area is 107 Å². The first kappa shape index (κ1) is 12.8. The zero-order valence-corrected chi connectivity index (χ0v) is 10.6. The smallest absolute Gasteiger partial charge is 0.0916 e. The molecule has 0 aromatic heterocycles. The second kappa shape index (κ2) is 5.83. The number of nitrogens with two attached hydrogens (primary N) is 1. The summed E-state index contributed by atoms with van der Waals surface area (Å²) in [5, 5.41) is 10.8. The van der Waals surface area contributed by atoms with Gasteiger partial charge in [-0.1, -0.05) is 23.7 Å². The summed E-state index contributed by atoms with van der Waals surface area (Å²) in [6.07, 6.45) is 1.60. The number of piperidine rings is 1. The first-order valence-electron chi connectivity index (χ1n) is 6.06. The third kappa shape index (κ3) is 3.68. The summed E-state index contributed by atoms with van der Waals surface area (Å²) >= 11 is 5.82. The van der Waals surface area contributed by atoms with Crippen molar-refractivity contribution in [2.24, 2.45) is 5.73 Å². The van der Waals surface area contributed by atoms with Crippen LogP contribution in [-0.4, -0.2) is 35.7 Å². The fraction of sp³-hybridized carbons (Fsp3) is 0.538. The van der Waals surface area contributed by atoms with Gasteiger partial charge in [-0.2, -0.15) is 0 Å². The molecule has 3 nitrogen and oxygen atoms in total. The Kier molecular flexibility index (Phi) is 4.40. The molecule has 0 aliphatic carbocycles. The molecule has 0 radical (unpaired) electrons. The van der Waals surface area contributed by atoms with Crippen molar-refractivity contribution in [3.63, 3.8) is 0 Å². The minimum atomic E-state index is -0.443. The molecule has 1 aliphatic rings. The topological polar surface area (TPSA) is 49.5 Å². The molecule has 1 aromatic rings. The summed E-state index contributed by atoms with van der Waals surface area (Å²) in [5.74, 6) is 0. The molecule has 0 spiro atoms. The number of aliphatic hydroxyl groups is 1. The van der Waals surface area contributed by atoms with E-state index in [4.69, 9.17) is 17.3 Å². The Morgan fingerprint density at radius 1 is 1.29 bits per heavy atom. The molecule has 0 amide bonds. The van der Waals surface area contributed by atoms with Gasteiger partial charge in [-0.3, -0.25) is 0 Å². The van der Waals surface area contributed by atoms with E-state index < -0.39 is 6.10 Å². The molecule has 1 atom stereocenters. The van der Waals surface area contributed by atoms with Gasteiger partial charge in [0.1, 0.15) is 0 Å². The molecule has 1 saturated heterocycles. The molecule has 1 aliphatic heterocycles. The van der Waals surface area contributed by atoms with Gasteiger partial charge in [0.2, 0.25) is 0 Å². The van der Waals surface area contributed by atoms with Gasteiger partial charge in [0.15, 0.2) is 0 Å². The number of β-amino-alcohol motifs (C(OH)–C–C–N with tert-alkyl or cyclic N) is 1. The highest BCUT2D eigenvalue weighted by atomic mass is 35.5. The van der Waals surface area contributed by atoms with E-state index >= 15 is 0 Å². The maximum absolute atomic E-state index is 10.1. The molecule has 1 fully saturated rings. The van der Waals surface area contributed by atoms with Gasteiger partial charge >= 0.3 is 0 Å². The summed E-state index contributed by atoms with van der Waals surface area (Å²) in [7, 11) is 0. The van der Waals surface area contributed by atoms with E-state index in [-0.39, 0.29) is 0 Å². The van der Waals surface area contributed by atoms with Crippen LogP contribution >= 0.6 is 11.6 Å². The van der Waals surface area contributed by atoms with E-state index in [2.05, 4.69) is 4.90 Å². The van der Waals surface area contributed by atoms with E-state index in [1.807, 2.05) is 24.3 Å². The van der Waals surface area contributed by atoms with Crippen LogP contribution in [0.2, 0.25) is 5.02 Å². The van der Waals surface area contributed by atoms with Crippen LogP contribution in [0.25, 0.3) is 0 Å². The monoisotopic (exact) mass is 254 g/mol.